The number of sulfonamides is 1. The van der Waals surface area contributed by atoms with Crippen LogP contribution in [0.4, 0.5) is 23.9 Å². The van der Waals surface area contributed by atoms with E-state index in [1.54, 1.807) is 35.2 Å². The Hall–Kier alpha value is -6.67. The number of terminal acetylenes is 1. The number of ether oxygens (including phenoxy) is 3. The van der Waals surface area contributed by atoms with Crippen LogP contribution < -0.4 is 30.0 Å². The number of urea groups is 1. The van der Waals surface area contributed by atoms with Crippen LogP contribution in [-0.4, -0.2) is 81.7 Å². The van der Waals surface area contributed by atoms with Gasteiger partial charge in [0.2, 0.25) is 11.8 Å². The van der Waals surface area contributed by atoms with Crippen LogP contribution >= 0.6 is 34.8 Å². The number of fused-ring (bicyclic) bond motifs is 1. The first-order valence-electron chi connectivity index (χ1n) is 18.7. The van der Waals surface area contributed by atoms with Crippen LogP contribution in [-0.2, 0) is 26.7 Å². The Balaban J connectivity index is 0.000000224. The van der Waals surface area contributed by atoms with Gasteiger partial charge in [0.05, 0.1) is 32.8 Å². The number of halogens is 6. The molecule has 3 aromatic heterocycles. The molecular formula is C41H38Cl3F3N8O10S. The minimum absolute atomic E-state index is 0.0434. The van der Waals surface area contributed by atoms with Crippen molar-refractivity contribution in [2.75, 3.05) is 25.6 Å². The Kier molecular flexibility index (Phi) is 17.7. The average molecular weight is 998 g/mol. The van der Waals surface area contributed by atoms with Gasteiger partial charge >= 0.3 is 29.9 Å². The highest BCUT2D eigenvalue weighted by molar-refractivity contribution is 7.90. The molecule has 350 valence electrons. The van der Waals surface area contributed by atoms with Crippen molar-refractivity contribution in [3.05, 3.63) is 110 Å². The van der Waals surface area contributed by atoms with Gasteiger partial charge in [0.25, 0.3) is 10.0 Å². The van der Waals surface area contributed by atoms with Crippen molar-refractivity contribution >= 4 is 73.7 Å². The van der Waals surface area contributed by atoms with Crippen molar-refractivity contribution in [2.24, 2.45) is 0 Å². The van der Waals surface area contributed by atoms with E-state index in [0.29, 0.717) is 33.6 Å². The van der Waals surface area contributed by atoms with E-state index in [-0.39, 0.29) is 40.0 Å². The molecule has 3 aromatic carbocycles. The maximum atomic E-state index is 12.5. The molecular weight excluding hydrogens is 960 g/mol. The molecule has 0 saturated carbocycles. The summed E-state index contributed by atoms with van der Waals surface area (Å²) in [4.78, 5) is 49.5. The molecule has 0 aliphatic carbocycles. The normalized spacial score (nSPS) is 11.2. The smallest absolute Gasteiger partial charge is 0.442 e. The summed E-state index contributed by atoms with van der Waals surface area (Å²) >= 11 is 18.2. The third kappa shape index (κ3) is 14.9. The molecule has 2 amide bonds. The highest BCUT2D eigenvalue weighted by Crippen LogP contribution is 2.33. The predicted octanol–water partition coefficient (Wildman–Crippen LogP) is 7.99. The summed E-state index contributed by atoms with van der Waals surface area (Å²) in [5.41, 5.74) is 0.392. The molecule has 0 unspecified atom stereocenters. The van der Waals surface area contributed by atoms with Crippen LogP contribution in [0.3, 0.4) is 0 Å². The number of benzene rings is 3. The molecule has 0 aliphatic rings. The summed E-state index contributed by atoms with van der Waals surface area (Å²) in [6.45, 7) is 6.80. The lowest BCUT2D eigenvalue weighted by Crippen LogP contribution is -2.35. The van der Waals surface area contributed by atoms with Crippen LogP contribution in [0.15, 0.2) is 81.0 Å². The number of hydrogen-bond acceptors (Lipinski definition) is 14. The fourth-order valence-corrected chi connectivity index (χ4v) is 7.08. The number of rotatable bonds is 12. The SMILES string of the molecule is C#CCOc1cc(-n2nc(C(C)(C)C)oc2=O)c(Cl)cc1Cl.COc1nc(C)nc(NC(=O)NS(=O)(=O)c2ccccc2CCC(F)(F)F)n1.O=C(O)COc1ccc(Cl)c2cccnc12. The Morgan fingerprint density at radius 2 is 1.67 bits per heavy atom. The van der Waals surface area contributed by atoms with E-state index in [9.17, 15) is 36.0 Å². The van der Waals surface area contributed by atoms with E-state index < -0.39 is 63.7 Å². The number of aliphatic carboxylic acids is 1. The minimum Gasteiger partial charge on any atom is -0.480 e. The van der Waals surface area contributed by atoms with Crippen molar-refractivity contribution < 1.29 is 54.9 Å². The van der Waals surface area contributed by atoms with Crippen LogP contribution in [0.1, 0.15) is 44.5 Å². The van der Waals surface area contributed by atoms with Gasteiger partial charge in [0.15, 0.2) is 6.61 Å². The molecule has 0 radical (unpaired) electrons. The molecule has 3 heterocycles. The van der Waals surface area contributed by atoms with Crippen molar-refractivity contribution in [1.29, 1.82) is 0 Å². The van der Waals surface area contributed by atoms with Crippen molar-refractivity contribution in [3.63, 3.8) is 0 Å². The average Bonchev–Trinajstić information content (AvgIpc) is 3.64. The summed E-state index contributed by atoms with van der Waals surface area (Å²) in [6, 6.07) is 13.6. The maximum Gasteiger partial charge on any atom is 0.442 e. The zero-order valence-corrected chi connectivity index (χ0v) is 38.3. The summed E-state index contributed by atoms with van der Waals surface area (Å²) in [5, 5.41) is 16.7. The monoisotopic (exact) mass is 996 g/mol. The number of nitrogens with zero attached hydrogens (tertiary/aromatic N) is 6. The van der Waals surface area contributed by atoms with E-state index in [1.165, 1.54) is 44.4 Å². The molecule has 25 heteroatoms. The number of amides is 2. The first-order chi connectivity index (χ1) is 30.9. The van der Waals surface area contributed by atoms with Crippen molar-refractivity contribution in [1.82, 2.24) is 34.4 Å². The molecule has 66 heavy (non-hydrogen) atoms. The van der Waals surface area contributed by atoms with Gasteiger partial charge in [-0.2, -0.15) is 32.8 Å². The summed E-state index contributed by atoms with van der Waals surface area (Å²) in [5.74, 6) is 1.65. The van der Waals surface area contributed by atoms with Gasteiger partial charge in [0, 0.05) is 29.5 Å². The molecule has 0 aliphatic heterocycles. The second-order valence-corrected chi connectivity index (χ2v) is 17.0. The first kappa shape index (κ1) is 52.0. The Morgan fingerprint density at radius 3 is 2.30 bits per heavy atom. The van der Waals surface area contributed by atoms with E-state index in [2.05, 4.69) is 36.3 Å². The third-order valence-electron chi connectivity index (χ3n) is 8.06. The molecule has 0 atom stereocenters. The predicted molar refractivity (Wildman–Crippen MR) is 236 cm³/mol. The molecule has 0 saturated heterocycles. The molecule has 0 bridgehead atoms. The zero-order chi connectivity index (χ0) is 49.0. The lowest BCUT2D eigenvalue weighted by molar-refractivity contribution is -0.139. The number of carbonyl (C=O) groups is 2. The van der Waals surface area contributed by atoms with E-state index in [4.69, 9.17) is 65.0 Å². The molecule has 0 spiro atoms. The molecule has 3 N–H and O–H groups in total. The Labute approximate surface area is 389 Å². The molecule has 6 rings (SSSR count). The number of nitrogens with one attached hydrogen (secondary N) is 2. The van der Waals surface area contributed by atoms with Crippen LogP contribution in [0.2, 0.25) is 15.1 Å². The lowest BCUT2D eigenvalue weighted by Gasteiger charge is -2.13. The van der Waals surface area contributed by atoms with Gasteiger partial charge in [-0.25, -0.2) is 27.5 Å². The number of hydrogen-bond donors (Lipinski definition) is 3. The number of aryl methyl sites for hydroxylation is 2. The van der Waals surface area contributed by atoms with Gasteiger partial charge in [-0.05, 0) is 55.3 Å². The Bertz CT molecular complexity index is 2920. The van der Waals surface area contributed by atoms with Crippen LogP contribution in [0.25, 0.3) is 16.6 Å². The van der Waals surface area contributed by atoms with Gasteiger partial charge in [-0.3, -0.25) is 10.3 Å². The number of carboxylic acids is 1. The largest absolute Gasteiger partial charge is 0.480 e. The summed E-state index contributed by atoms with van der Waals surface area (Å²) in [7, 11) is -3.14. The quantitative estimate of drug-likeness (QED) is 0.0985. The van der Waals surface area contributed by atoms with Gasteiger partial charge in [-0.1, -0.05) is 79.7 Å². The standard InChI is InChI=1S/C15H14Cl2N2O3.C15H16F3N5O4S.C11H8ClNO3/c1-5-6-21-12-8-11(9(16)7-10(12)17)19-14(20)22-13(18-19)15(2,3)4;1-9-19-12(22-14(20-9)27-2)21-13(24)23-28(25,26)11-6-4-3-5-10(11)7-8-15(16,17)18;12-8-3-4-9(16-6-10(14)15)11-7(8)2-1-5-13-11/h1,7-8H,6H2,2-4H3;3-6H,7-8H2,1-2H3,(H2,19,20,21,22,23,24);1-5H,6H2,(H,14,15). The van der Waals surface area contributed by atoms with E-state index >= 15 is 0 Å². The van der Waals surface area contributed by atoms with Crippen molar-refractivity contribution in [2.45, 2.75) is 57.0 Å². The highest BCUT2D eigenvalue weighted by atomic mass is 35.5. The second kappa shape index (κ2) is 22.5. The van der Waals surface area contributed by atoms with Gasteiger partial charge < -0.3 is 23.7 Å². The maximum absolute atomic E-state index is 12.5. The number of carboxylic acid groups (broad SMARTS) is 1. The minimum atomic E-state index is -4.45. The fourth-order valence-electron chi connectivity index (χ4n) is 5.17. The summed E-state index contributed by atoms with van der Waals surface area (Å²) < 4.78 is 85.5. The topological polar surface area (TPSA) is 240 Å². The number of carbonyl (C=O) groups excluding carboxylic acids is 1. The van der Waals surface area contributed by atoms with E-state index in [1.807, 2.05) is 20.8 Å². The number of pyridine rings is 1. The number of alkyl halides is 3. The third-order valence-corrected chi connectivity index (χ3v) is 10.4. The number of methoxy groups -OCH3 is 1. The van der Waals surface area contributed by atoms with E-state index in [0.717, 1.165) is 16.1 Å². The zero-order valence-electron chi connectivity index (χ0n) is 35.2. The number of aromatic nitrogens is 6. The van der Waals surface area contributed by atoms with Gasteiger partial charge in [-0.15, -0.1) is 11.5 Å². The molecule has 6 aromatic rings. The Morgan fingerprint density at radius 1 is 0.955 bits per heavy atom. The van der Waals surface area contributed by atoms with Crippen LogP contribution in [0.5, 0.6) is 17.5 Å². The second-order valence-electron chi connectivity index (χ2n) is 14.2. The summed E-state index contributed by atoms with van der Waals surface area (Å²) in [6.07, 6.45) is 0.562. The van der Waals surface area contributed by atoms with Crippen molar-refractivity contribution in [3.8, 4) is 35.5 Å². The molecule has 0 fully saturated rings. The first-order valence-corrected chi connectivity index (χ1v) is 21.3. The lowest BCUT2D eigenvalue weighted by atomic mass is 9.97. The number of anilines is 1. The molecule has 18 nitrogen and oxygen atoms in total. The fraction of sp³-hybridized carbons (Fsp3) is 0.268. The highest BCUT2D eigenvalue weighted by Gasteiger charge is 2.29. The van der Waals surface area contributed by atoms with Crippen LogP contribution in [0, 0.1) is 19.3 Å². The van der Waals surface area contributed by atoms with Gasteiger partial charge in [0.1, 0.15) is 29.4 Å².